The van der Waals surface area contributed by atoms with E-state index in [0.29, 0.717) is 11.3 Å². The third-order valence-corrected chi connectivity index (χ3v) is 4.02. The first kappa shape index (κ1) is 20.4. The molecule has 0 N–H and O–H groups in total. The smallest absolute Gasteiger partial charge is 0.459 e. The summed E-state index contributed by atoms with van der Waals surface area (Å²) in [6.45, 7) is 1.43. The first-order valence-electron chi connectivity index (χ1n) is 6.25. The van der Waals surface area contributed by atoms with Crippen molar-refractivity contribution in [2.75, 3.05) is 20.7 Å². The second kappa shape index (κ2) is 8.74. The van der Waals surface area contributed by atoms with Gasteiger partial charge in [-0.05, 0) is 18.6 Å². The summed E-state index contributed by atoms with van der Waals surface area (Å²) in [6.07, 6.45) is -4.46. The van der Waals surface area contributed by atoms with E-state index in [2.05, 4.69) is 4.74 Å². The highest BCUT2D eigenvalue weighted by atomic mass is 32.2. The Morgan fingerprint density at radius 2 is 1.68 bits per heavy atom. The van der Waals surface area contributed by atoms with Gasteiger partial charge in [0.25, 0.3) is 0 Å². The molecule has 0 aliphatic carbocycles. The fraction of sp³-hybridized carbons (Fsp3) is 0.462. The van der Waals surface area contributed by atoms with E-state index in [1.165, 1.54) is 18.4 Å². The maximum atomic E-state index is 11.5. The molecule has 0 aromatic heterocycles. The number of sulfonamides is 1. The third-order valence-electron chi connectivity index (χ3n) is 2.19. The number of halogens is 3. The Balaban J connectivity index is 0.000000409. The average Bonchev–Trinajstić information content (AvgIpc) is 2.45. The number of hydrogen-bond acceptors (Lipinski definition) is 4. The predicted octanol–water partition coefficient (Wildman–Crippen LogP) is 2.44. The molecule has 0 spiro atoms. The monoisotopic (exact) mass is 341 g/mol. The van der Waals surface area contributed by atoms with Crippen molar-refractivity contribution < 1.29 is 31.1 Å². The van der Waals surface area contributed by atoms with Crippen LogP contribution in [-0.4, -0.2) is 45.6 Å². The molecule has 0 aliphatic heterocycles. The molecule has 9 heteroatoms. The van der Waals surface area contributed by atoms with Crippen LogP contribution in [0.4, 0.5) is 13.2 Å². The summed E-state index contributed by atoms with van der Waals surface area (Å²) in [5.74, 6) is -2.12. The van der Waals surface area contributed by atoms with Crippen LogP contribution in [0.2, 0.25) is 0 Å². The van der Waals surface area contributed by atoms with Gasteiger partial charge in [-0.1, -0.05) is 25.1 Å². The Morgan fingerprint density at radius 3 is 2.05 bits per heavy atom. The minimum atomic E-state index is -4.85. The zero-order valence-corrected chi connectivity index (χ0v) is 13.2. The Labute approximate surface area is 127 Å². The number of hydrogen-bond donors (Lipinski definition) is 0. The summed E-state index contributed by atoms with van der Waals surface area (Å²) in [6, 6.07) is 8.35. The molecule has 0 aliphatic rings. The molecule has 5 nitrogen and oxygen atoms in total. The van der Waals surface area contributed by atoms with Crippen LogP contribution in [-0.2, 0) is 19.6 Å². The fourth-order valence-electron chi connectivity index (χ4n) is 1.08. The second-order valence-corrected chi connectivity index (χ2v) is 6.39. The van der Waals surface area contributed by atoms with Crippen LogP contribution in [0.1, 0.15) is 13.3 Å². The van der Waals surface area contributed by atoms with E-state index in [1.54, 1.807) is 37.3 Å². The van der Waals surface area contributed by atoms with Crippen LogP contribution in [0.25, 0.3) is 0 Å². The van der Waals surface area contributed by atoms with E-state index in [0.717, 1.165) is 0 Å². The second-order valence-electron chi connectivity index (χ2n) is 4.23. The fourth-order valence-corrected chi connectivity index (χ4v) is 2.00. The van der Waals surface area contributed by atoms with Crippen molar-refractivity contribution in [1.29, 1.82) is 0 Å². The van der Waals surface area contributed by atoms with Crippen LogP contribution in [0.15, 0.2) is 35.2 Å². The van der Waals surface area contributed by atoms with Crippen LogP contribution in [0.3, 0.4) is 0 Å². The van der Waals surface area contributed by atoms with Gasteiger partial charge < -0.3 is 4.74 Å². The van der Waals surface area contributed by atoms with Crippen LogP contribution < -0.4 is 0 Å². The first-order chi connectivity index (χ1) is 10.0. The standard InChI is InChI=1S/C8H11NO2S.C5H7F3O2/c1-9(2)12(10,11)8-6-4-3-5-7-8;1-2-3-10-4(9)5(6,7)8/h3-7H,1-2H3;2-3H2,1H3. The molecule has 0 unspecified atom stereocenters. The Hall–Kier alpha value is -1.61. The van der Waals surface area contributed by atoms with Crippen LogP contribution >= 0.6 is 0 Å². The largest absolute Gasteiger partial charge is 0.490 e. The van der Waals surface area contributed by atoms with Crippen molar-refractivity contribution in [2.45, 2.75) is 24.4 Å². The Kier molecular flexibility index (Phi) is 8.10. The maximum Gasteiger partial charge on any atom is 0.490 e. The molecule has 0 atom stereocenters. The molecule has 0 amide bonds. The summed E-state index contributed by atoms with van der Waals surface area (Å²) in [4.78, 5) is 10.2. The van der Waals surface area contributed by atoms with Crippen molar-refractivity contribution in [1.82, 2.24) is 4.31 Å². The average molecular weight is 341 g/mol. The van der Waals surface area contributed by atoms with Gasteiger partial charge in [0.05, 0.1) is 11.5 Å². The zero-order valence-electron chi connectivity index (χ0n) is 12.4. The van der Waals surface area contributed by atoms with E-state index < -0.39 is 22.2 Å². The van der Waals surface area contributed by atoms with E-state index in [9.17, 15) is 26.4 Å². The van der Waals surface area contributed by atoms with Gasteiger partial charge in [-0.2, -0.15) is 13.2 Å². The van der Waals surface area contributed by atoms with E-state index >= 15 is 0 Å². The third kappa shape index (κ3) is 6.90. The number of esters is 1. The molecule has 126 valence electrons. The van der Waals surface area contributed by atoms with Crippen molar-refractivity contribution in [3.63, 3.8) is 0 Å². The quantitative estimate of drug-likeness (QED) is 0.789. The van der Waals surface area contributed by atoms with Crippen molar-refractivity contribution in [3.05, 3.63) is 30.3 Å². The Bertz CT molecular complexity index is 556. The van der Waals surface area contributed by atoms with E-state index in [-0.39, 0.29) is 6.61 Å². The molecule has 0 heterocycles. The summed E-state index contributed by atoms with van der Waals surface area (Å²) < 4.78 is 61.8. The summed E-state index contributed by atoms with van der Waals surface area (Å²) in [7, 11) is -0.211. The number of carbonyl (C=O) groups excluding carboxylic acids is 1. The minimum absolute atomic E-state index is 0.182. The van der Waals surface area contributed by atoms with Gasteiger partial charge in [0.1, 0.15) is 0 Å². The number of benzene rings is 1. The minimum Gasteiger partial charge on any atom is -0.459 e. The number of alkyl halides is 3. The molecule has 22 heavy (non-hydrogen) atoms. The van der Waals surface area contributed by atoms with Gasteiger partial charge in [-0.25, -0.2) is 17.5 Å². The number of carbonyl (C=O) groups is 1. The van der Waals surface area contributed by atoms with E-state index in [4.69, 9.17) is 0 Å². The molecular weight excluding hydrogens is 323 g/mol. The summed E-state index contributed by atoms with van der Waals surface area (Å²) in [5, 5.41) is 0. The van der Waals surface area contributed by atoms with Gasteiger partial charge >= 0.3 is 12.1 Å². The first-order valence-corrected chi connectivity index (χ1v) is 7.69. The zero-order chi connectivity index (χ0) is 17.4. The van der Waals surface area contributed by atoms with E-state index in [1.807, 2.05) is 0 Å². The topological polar surface area (TPSA) is 63.7 Å². The van der Waals surface area contributed by atoms with Gasteiger partial charge in [-0.15, -0.1) is 0 Å². The molecule has 0 fully saturated rings. The molecule has 0 saturated carbocycles. The van der Waals surface area contributed by atoms with Crippen molar-refractivity contribution in [3.8, 4) is 0 Å². The highest BCUT2D eigenvalue weighted by Gasteiger charge is 2.40. The lowest BCUT2D eigenvalue weighted by molar-refractivity contribution is -0.199. The normalized spacial score (nSPS) is 11.6. The molecule has 1 aromatic rings. The lowest BCUT2D eigenvalue weighted by Crippen LogP contribution is -2.25. The molecular formula is C13H18F3NO4S. The lowest BCUT2D eigenvalue weighted by Gasteiger charge is -2.10. The lowest BCUT2D eigenvalue weighted by atomic mass is 10.4. The molecule has 0 radical (unpaired) electrons. The number of ether oxygens (including phenoxy) is 1. The van der Waals surface area contributed by atoms with Crippen LogP contribution in [0.5, 0.6) is 0 Å². The number of rotatable bonds is 4. The van der Waals surface area contributed by atoms with Crippen molar-refractivity contribution in [2.24, 2.45) is 0 Å². The maximum absolute atomic E-state index is 11.5. The molecule has 0 bridgehead atoms. The summed E-state index contributed by atoms with van der Waals surface area (Å²) in [5.41, 5.74) is 0. The highest BCUT2D eigenvalue weighted by molar-refractivity contribution is 7.89. The van der Waals surface area contributed by atoms with Gasteiger partial charge in [0, 0.05) is 14.1 Å². The molecule has 1 aromatic carbocycles. The Morgan fingerprint density at radius 1 is 1.18 bits per heavy atom. The highest BCUT2D eigenvalue weighted by Crippen LogP contribution is 2.16. The van der Waals surface area contributed by atoms with Gasteiger partial charge in [0.15, 0.2) is 0 Å². The van der Waals surface area contributed by atoms with Gasteiger partial charge in [0.2, 0.25) is 10.0 Å². The van der Waals surface area contributed by atoms with Crippen molar-refractivity contribution >= 4 is 16.0 Å². The number of nitrogens with zero attached hydrogens (tertiary/aromatic N) is 1. The molecule has 1 rings (SSSR count). The van der Waals surface area contributed by atoms with Gasteiger partial charge in [-0.3, -0.25) is 0 Å². The summed E-state index contributed by atoms with van der Waals surface area (Å²) >= 11 is 0. The predicted molar refractivity (Wildman–Crippen MR) is 74.6 cm³/mol. The molecule has 0 saturated heterocycles. The van der Waals surface area contributed by atoms with Crippen LogP contribution in [0, 0.1) is 0 Å². The SMILES string of the molecule is CCCOC(=O)C(F)(F)F.CN(C)S(=O)(=O)c1ccccc1.